The molecule has 0 spiro atoms. The minimum absolute atomic E-state index is 1.09. The van der Waals surface area contributed by atoms with E-state index in [2.05, 4.69) is 23.6 Å². The van der Waals surface area contributed by atoms with Gasteiger partial charge in [-0.2, -0.15) is 0 Å². The highest BCUT2D eigenvalue weighted by atomic mass is 15.2. The fourth-order valence-electron chi connectivity index (χ4n) is 2.13. The van der Waals surface area contributed by atoms with Crippen LogP contribution in [-0.2, 0) is 0 Å². The van der Waals surface area contributed by atoms with Crippen molar-refractivity contribution in [2.45, 2.75) is 64.7 Å². The molecule has 0 amide bonds. The van der Waals surface area contributed by atoms with E-state index in [0.717, 1.165) is 13.1 Å². The smallest absolute Gasteiger partial charge is 0.0946 e. The van der Waals surface area contributed by atoms with Crippen molar-refractivity contribution in [1.82, 2.24) is 10.6 Å². The van der Waals surface area contributed by atoms with E-state index >= 15 is 0 Å². The van der Waals surface area contributed by atoms with Crippen molar-refractivity contribution < 1.29 is 0 Å². The van der Waals surface area contributed by atoms with Crippen LogP contribution in [-0.4, -0.2) is 13.1 Å². The minimum atomic E-state index is 1.09. The summed E-state index contributed by atoms with van der Waals surface area (Å²) in [4.78, 5) is 0. The lowest BCUT2D eigenvalue weighted by Gasteiger charge is -2.01. The Labute approximate surface area is 101 Å². The quantitative estimate of drug-likeness (QED) is 0.585. The van der Waals surface area contributed by atoms with Gasteiger partial charge in [-0.25, -0.2) is 0 Å². The molecule has 0 unspecified atom stereocenters. The molecule has 1 rings (SSSR count). The van der Waals surface area contributed by atoms with Gasteiger partial charge in [0.2, 0.25) is 0 Å². The molecule has 1 saturated heterocycles. The van der Waals surface area contributed by atoms with E-state index in [0.29, 0.717) is 0 Å². The lowest BCUT2D eigenvalue weighted by atomic mass is 10.1. The van der Waals surface area contributed by atoms with Gasteiger partial charge in [0.1, 0.15) is 0 Å². The van der Waals surface area contributed by atoms with Crippen LogP contribution in [0.1, 0.15) is 64.7 Å². The molecule has 0 atom stereocenters. The predicted molar refractivity (Wildman–Crippen MR) is 71.3 cm³/mol. The van der Waals surface area contributed by atoms with E-state index in [1.807, 2.05) is 0 Å². The molecule has 0 aromatic carbocycles. The third-order valence-corrected chi connectivity index (χ3v) is 3.16. The second kappa shape index (κ2) is 9.56. The maximum absolute atomic E-state index is 3.33. The SMILES string of the molecule is CCCCCCCCCCC=C1NCCN1. The Balaban J connectivity index is 1.79. The molecule has 0 bridgehead atoms. The molecule has 1 aliphatic heterocycles. The van der Waals surface area contributed by atoms with Crippen LogP contribution in [0.25, 0.3) is 0 Å². The topological polar surface area (TPSA) is 24.1 Å². The number of allylic oxidation sites excluding steroid dienone is 1. The Kier molecular flexibility index (Phi) is 8.01. The van der Waals surface area contributed by atoms with Crippen LogP contribution in [0.5, 0.6) is 0 Å². The average Bonchev–Trinajstić information content (AvgIpc) is 2.80. The van der Waals surface area contributed by atoms with Crippen LogP contribution in [0, 0.1) is 0 Å². The summed E-state index contributed by atoms with van der Waals surface area (Å²) in [5, 5.41) is 6.66. The fraction of sp³-hybridized carbons (Fsp3) is 0.857. The Morgan fingerprint density at radius 3 is 2.06 bits per heavy atom. The zero-order valence-corrected chi connectivity index (χ0v) is 10.9. The van der Waals surface area contributed by atoms with Gasteiger partial charge in [-0.05, 0) is 18.9 Å². The first-order valence-corrected chi connectivity index (χ1v) is 7.11. The van der Waals surface area contributed by atoms with Crippen molar-refractivity contribution in [3.8, 4) is 0 Å². The molecule has 2 N–H and O–H groups in total. The summed E-state index contributed by atoms with van der Waals surface area (Å²) < 4.78 is 0. The molecule has 2 heteroatoms. The Bertz CT molecular complexity index is 179. The summed E-state index contributed by atoms with van der Waals surface area (Å²) in [6.45, 7) is 4.45. The summed E-state index contributed by atoms with van der Waals surface area (Å²) in [6.07, 6.45) is 14.8. The van der Waals surface area contributed by atoms with Gasteiger partial charge in [-0.3, -0.25) is 0 Å². The first kappa shape index (κ1) is 13.4. The van der Waals surface area contributed by atoms with E-state index in [9.17, 15) is 0 Å². The van der Waals surface area contributed by atoms with Gasteiger partial charge in [0.15, 0.2) is 0 Å². The first-order valence-electron chi connectivity index (χ1n) is 7.11. The number of unbranched alkanes of at least 4 members (excludes halogenated alkanes) is 8. The highest BCUT2D eigenvalue weighted by molar-refractivity contribution is 5.01. The highest BCUT2D eigenvalue weighted by Crippen LogP contribution is 2.10. The molecular formula is C14H28N2. The maximum atomic E-state index is 3.33. The maximum Gasteiger partial charge on any atom is 0.0946 e. The number of rotatable bonds is 9. The minimum Gasteiger partial charge on any atom is -0.370 e. The molecule has 16 heavy (non-hydrogen) atoms. The predicted octanol–water partition coefficient (Wildman–Crippen LogP) is 3.55. The molecular weight excluding hydrogens is 196 g/mol. The van der Waals surface area contributed by atoms with E-state index in [1.54, 1.807) is 0 Å². The highest BCUT2D eigenvalue weighted by Gasteiger charge is 2.01. The summed E-state index contributed by atoms with van der Waals surface area (Å²) >= 11 is 0. The standard InChI is InChI=1S/C14H28N2/c1-2-3-4-5-6-7-8-9-10-11-14-15-12-13-16-14/h11,15-16H,2-10,12-13H2,1H3. The molecule has 0 saturated carbocycles. The molecule has 0 aliphatic carbocycles. The van der Waals surface area contributed by atoms with E-state index < -0.39 is 0 Å². The zero-order chi connectivity index (χ0) is 11.5. The summed E-state index contributed by atoms with van der Waals surface area (Å²) in [6, 6.07) is 0. The second-order valence-electron chi connectivity index (χ2n) is 4.73. The molecule has 94 valence electrons. The largest absolute Gasteiger partial charge is 0.370 e. The number of hydrogen-bond acceptors (Lipinski definition) is 2. The Morgan fingerprint density at radius 1 is 0.875 bits per heavy atom. The average molecular weight is 224 g/mol. The molecule has 1 fully saturated rings. The summed E-state index contributed by atoms with van der Waals surface area (Å²) in [5.74, 6) is 1.25. The third kappa shape index (κ3) is 6.76. The van der Waals surface area contributed by atoms with Gasteiger partial charge in [-0.15, -0.1) is 0 Å². The second-order valence-corrected chi connectivity index (χ2v) is 4.73. The zero-order valence-electron chi connectivity index (χ0n) is 10.9. The first-order chi connectivity index (χ1) is 7.93. The molecule has 0 aromatic heterocycles. The van der Waals surface area contributed by atoms with Crippen LogP contribution in [0.15, 0.2) is 11.9 Å². The lowest BCUT2D eigenvalue weighted by Crippen LogP contribution is -2.09. The van der Waals surface area contributed by atoms with Crippen LogP contribution in [0.2, 0.25) is 0 Å². The fourth-order valence-corrected chi connectivity index (χ4v) is 2.13. The number of hydrogen-bond donors (Lipinski definition) is 2. The Morgan fingerprint density at radius 2 is 1.44 bits per heavy atom. The van der Waals surface area contributed by atoms with Crippen LogP contribution >= 0.6 is 0 Å². The summed E-state index contributed by atoms with van der Waals surface area (Å²) in [5.41, 5.74) is 0. The Hall–Kier alpha value is -0.660. The molecule has 0 aromatic rings. The van der Waals surface area contributed by atoms with Crippen molar-refractivity contribution >= 4 is 0 Å². The van der Waals surface area contributed by atoms with Gasteiger partial charge in [-0.1, -0.05) is 51.9 Å². The molecule has 0 radical (unpaired) electrons. The van der Waals surface area contributed by atoms with Gasteiger partial charge in [0.25, 0.3) is 0 Å². The molecule has 1 aliphatic rings. The van der Waals surface area contributed by atoms with Crippen molar-refractivity contribution in [1.29, 1.82) is 0 Å². The van der Waals surface area contributed by atoms with Gasteiger partial charge >= 0.3 is 0 Å². The molecule has 1 heterocycles. The molecule has 2 nitrogen and oxygen atoms in total. The van der Waals surface area contributed by atoms with E-state index in [4.69, 9.17) is 0 Å². The van der Waals surface area contributed by atoms with Crippen molar-refractivity contribution in [2.24, 2.45) is 0 Å². The van der Waals surface area contributed by atoms with Crippen molar-refractivity contribution in [3.05, 3.63) is 11.9 Å². The monoisotopic (exact) mass is 224 g/mol. The van der Waals surface area contributed by atoms with Crippen LogP contribution < -0.4 is 10.6 Å². The van der Waals surface area contributed by atoms with Crippen LogP contribution in [0.4, 0.5) is 0 Å². The van der Waals surface area contributed by atoms with Crippen molar-refractivity contribution in [2.75, 3.05) is 13.1 Å². The normalized spacial score (nSPS) is 14.7. The summed E-state index contributed by atoms with van der Waals surface area (Å²) in [7, 11) is 0. The van der Waals surface area contributed by atoms with E-state index in [1.165, 1.54) is 63.6 Å². The van der Waals surface area contributed by atoms with Gasteiger partial charge < -0.3 is 10.6 Å². The lowest BCUT2D eigenvalue weighted by molar-refractivity contribution is 0.577. The van der Waals surface area contributed by atoms with E-state index in [-0.39, 0.29) is 0 Å². The van der Waals surface area contributed by atoms with Gasteiger partial charge in [0.05, 0.1) is 5.82 Å². The number of nitrogens with one attached hydrogen (secondary N) is 2. The van der Waals surface area contributed by atoms with Crippen molar-refractivity contribution in [3.63, 3.8) is 0 Å². The van der Waals surface area contributed by atoms with Crippen LogP contribution in [0.3, 0.4) is 0 Å². The third-order valence-electron chi connectivity index (χ3n) is 3.16. The van der Waals surface area contributed by atoms with Gasteiger partial charge in [0, 0.05) is 13.1 Å².